The summed E-state index contributed by atoms with van der Waals surface area (Å²) >= 11 is 6.23. The van der Waals surface area contributed by atoms with E-state index in [-0.39, 0.29) is 0 Å². The van der Waals surface area contributed by atoms with Crippen molar-refractivity contribution < 1.29 is 17.6 Å². The van der Waals surface area contributed by atoms with Crippen molar-refractivity contribution in [2.75, 3.05) is 0 Å². The summed E-state index contributed by atoms with van der Waals surface area (Å²) in [6.45, 7) is 16.9. The van der Waals surface area contributed by atoms with Crippen LogP contribution < -0.4 is 0 Å². The first-order valence-corrected chi connectivity index (χ1v) is 18.5. The van der Waals surface area contributed by atoms with E-state index >= 15 is 0 Å². The highest BCUT2D eigenvalue weighted by atomic mass is 35.6. The van der Waals surface area contributed by atoms with Crippen LogP contribution >= 0.6 is 11.1 Å². The Morgan fingerprint density at radius 3 is 1.39 bits per heavy atom. The van der Waals surface area contributed by atoms with Crippen LogP contribution in [0.25, 0.3) is 0 Å². The van der Waals surface area contributed by atoms with Crippen LogP contribution in [0.1, 0.15) is 20.8 Å². The molecule has 0 aliphatic carbocycles. The van der Waals surface area contributed by atoms with E-state index in [2.05, 4.69) is 25.4 Å². The molecule has 0 aromatic rings. The average Bonchev–Trinajstić information content (AvgIpc) is 2.33. The van der Waals surface area contributed by atoms with E-state index < -0.39 is 36.0 Å². The zero-order chi connectivity index (χ0) is 19.1. The van der Waals surface area contributed by atoms with Crippen molar-refractivity contribution in [3.8, 4) is 0 Å². The molecule has 0 saturated heterocycles. The Kier molecular flexibility index (Phi) is 10.6. The van der Waals surface area contributed by atoms with Gasteiger partial charge in [0, 0.05) is 0 Å². The van der Waals surface area contributed by atoms with Gasteiger partial charge in [-0.25, -0.2) is 0 Å². The van der Waals surface area contributed by atoms with Crippen LogP contribution in [-0.4, -0.2) is 36.0 Å². The highest BCUT2D eigenvalue weighted by Crippen LogP contribution is 2.24. The molecule has 140 valence electrons. The summed E-state index contributed by atoms with van der Waals surface area (Å²) in [6, 6.07) is 3.67. The third-order valence-corrected chi connectivity index (χ3v) is 10.9. The normalized spacial score (nSPS) is 14.2. The molecule has 0 spiro atoms. The minimum atomic E-state index is -4.47. The standard InChI is InChI=1S/C8H18F3NOSi2.C6H15ClSi/c1-14(2,3)12-7(8(9,10)11)13-15(4,5)6;1-4-8(7,5-2)6-3/h1-6H3;4-6H2,1-3H3. The molecular formula is C14H33ClF3NOSi3. The fraction of sp³-hybridized carbons (Fsp3) is 0.929. The van der Waals surface area contributed by atoms with Gasteiger partial charge in [0.2, 0.25) is 8.32 Å². The van der Waals surface area contributed by atoms with Gasteiger partial charge in [-0.05, 0) is 57.4 Å². The molecule has 0 amide bonds. The van der Waals surface area contributed by atoms with Gasteiger partial charge >= 0.3 is 6.18 Å². The Morgan fingerprint density at radius 2 is 1.26 bits per heavy atom. The molecule has 0 fully saturated rings. The lowest BCUT2D eigenvalue weighted by Crippen LogP contribution is -2.39. The topological polar surface area (TPSA) is 21.6 Å². The van der Waals surface area contributed by atoms with Crippen LogP contribution in [0, 0.1) is 0 Å². The van der Waals surface area contributed by atoms with E-state index in [9.17, 15) is 13.2 Å². The number of rotatable bonds is 5. The quantitative estimate of drug-likeness (QED) is 0.211. The summed E-state index contributed by atoms with van der Waals surface area (Å²) in [6.07, 6.45) is -4.47. The first-order valence-electron chi connectivity index (χ1n) is 8.04. The monoisotopic (exact) mass is 407 g/mol. The minimum Gasteiger partial charge on any atom is -0.529 e. The van der Waals surface area contributed by atoms with Gasteiger partial charge in [0.05, 0.1) is 0 Å². The number of hydrogen-bond donors (Lipinski definition) is 0. The molecule has 0 aliphatic heterocycles. The Labute approximate surface area is 147 Å². The molecule has 0 aromatic carbocycles. The second-order valence-corrected chi connectivity index (χ2v) is 23.3. The van der Waals surface area contributed by atoms with Crippen molar-refractivity contribution in [3.63, 3.8) is 0 Å². The van der Waals surface area contributed by atoms with Gasteiger partial charge in [0.1, 0.15) is 0 Å². The molecule has 0 aromatic heterocycles. The summed E-state index contributed by atoms with van der Waals surface area (Å²) in [5.41, 5.74) is 0. The molecule has 0 radical (unpaired) electrons. The van der Waals surface area contributed by atoms with Gasteiger partial charge in [-0.2, -0.15) is 24.3 Å². The maximum absolute atomic E-state index is 12.6. The van der Waals surface area contributed by atoms with Crippen LogP contribution in [0.15, 0.2) is 4.66 Å². The number of nitrogens with zero attached hydrogens (tertiary/aromatic N) is 1. The molecule has 2 nitrogen and oxygen atoms in total. The zero-order valence-electron chi connectivity index (χ0n) is 16.0. The lowest BCUT2D eigenvalue weighted by atomic mass is 10.7. The van der Waals surface area contributed by atoms with E-state index in [4.69, 9.17) is 15.5 Å². The fourth-order valence-electron chi connectivity index (χ4n) is 1.49. The van der Waals surface area contributed by atoms with Crippen molar-refractivity contribution in [3.05, 3.63) is 0 Å². The fourth-order valence-corrected chi connectivity index (χ4v) is 4.60. The third-order valence-electron chi connectivity index (χ3n) is 2.98. The molecule has 0 bridgehead atoms. The van der Waals surface area contributed by atoms with Gasteiger partial charge in [-0.15, -0.1) is 0 Å². The average molecular weight is 408 g/mol. The second kappa shape index (κ2) is 9.62. The van der Waals surface area contributed by atoms with Crippen molar-refractivity contribution in [2.24, 2.45) is 4.66 Å². The number of alkyl halides is 3. The second-order valence-electron chi connectivity index (χ2n) is 7.51. The Hall–Kier alpha value is 0.201. The lowest BCUT2D eigenvalue weighted by molar-refractivity contribution is -0.0713. The summed E-state index contributed by atoms with van der Waals surface area (Å²) in [4.78, 5) is 0. The molecule has 0 saturated carbocycles. The molecule has 23 heavy (non-hydrogen) atoms. The first-order chi connectivity index (χ1) is 9.99. The predicted octanol–water partition coefficient (Wildman–Crippen LogP) is 6.86. The van der Waals surface area contributed by atoms with Crippen LogP contribution in [-0.2, 0) is 4.43 Å². The zero-order valence-corrected chi connectivity index (χ0v) is 19.7. The molecule has 0 unspecified atom stereocenters. The highest BCUT2D eigenvalue weighted by Gasteiger charge is 2.41. The Morgan fingerprint density at radius 1 is 0.913 bits per heavy atom. The van der Waals surface area contributed by atoms with Gasteiger partial charge in [-0.3, -0.25) is 4.66 Å². The third kappa shape index (κ3) is 14.3. The van der Waals surface area contributed by atoms with Gasteiger partial charge in [0.25, 0.3) is 5.90 Å². The van der Waals surface area contributed by atoms with Gasteiger partial charge in [0.15, 0.2) is 15.6 Å². The molecule has 9 heteroatoms. The van der Waals surface area contributed by atoms with Crippen molar-refractivity contribution in [1.29, 1.82) is 0 Å². The molecular weight excluding hydrogens is 375 g/mol. The largest absolute Gasteiger partial charge is 0.529 e. The molecule has 0 atom stereocenters. The summed E-state index contributed by atoms with van der Waals surface area (Å²) in [7, 11) is -5.62. The maximum atomic E-state index is 12.6. The van der Waals surface area contributed by atoms with Crippen molar-refractivity contribution in [2.45, 2.75) is 84.4 Å². The van der Waals surface area contributed by atoms with Crippen molar-refractivity contribution >= 4 is 40.9 Å². The molecule has 0 rings (SSSR count). The molecule has 0 aliphatic rings. The van der Waals surface area contributed by atoms with E-state index in [1.54, 1.807) is 39.3 Å². The van der Waals surface area contributed by atoms with E-state index in [1.807, 2.05) is 0 Å². The maximum Gasteiger partial charge on any atom is 0.465 e. The van der Waals surface area contributed by atoms with Crippen LogP contribution in [0.2, 0.25) is 57.4 Å². The Balaban J connectivity index is 0. The Bertz CT molecular complexity index is 365. The molecule has 0 heterocycles. The van der Waals surface area contributed by atoms with E-state index in [1.165, 1.54) is 18.1 Å². The lowest BCUT2D eigenvalue weighted by Gasteiger charge is -2.24. The van der Waals surface area contributed by atoms with Gasteiger partial charge < -0.3 is 4.43 Å². The van der Waals surface area contributed by atoms with Crippen LogP contribution in [0.3, 0.4) is 0 Å². The summed E-state index contributed by atoms with van der Waals surface area (Å²) in [5, 5.41) is 0. The minimum absolute atomic E-state index is 1.04. The van der Waals surface area contributed by atoms with Gasteiger partial charge in [-0.1, -0.05) is 20.8 Å². The SMILES string of the molecule is CC[Si](Cl)(CC)CC.C[Si](C)(C)N=C(O[Si](C)(C)C)C(F)(F)F. The van der Waals surface area contributed by atoms with Crippen LogP contribution in [0.5, 0.6) is 0 Å². The summed E-state index contributed by atoms with van der Waals surface area (Å²) < 4.78 is 46.4. The predicted molar refractivity (Wildman–Crippen MR) is 104 cm³/mol. The van der Waals surface area contributed by atoms with E-state index in [0.717, 1.165) is 0 Å². The first kappa shape index (κ1) is 25.4. The number of hydrogen-bond acceptors (Lipinski definition) is 2. The number of halogens is 4. The van der Waals surface area contributed by atoms with E-state index in [0.29, 0.717) is 0 Å². The highest BCUT2D eigenvalue weighted by molar-refractivity contribution is 7.20. The molecule has 0 N–H and O–H groups in total. The summed E-state index contributed by atoms with van der Waals surface area (Å²) in [5.74, 6) is -1.04. The van der Waals surface area contributed by atoms with Crippen molar-refractivity contribution in [1.82, 2.24) is 0 Å². The van der Waals surface area contributed by atoms with Crippen LogP contribution in [0.4, 0.5) is 13.2 Å². The smallest absolute Gasteiger partial charge is 0.465 e.